The lowest BCUT2D eigenvalue weighted by atomic mass is 10.0. The first kappa shape index (κ1) is 14.8. The Labute approximate surface area is 133 Å². The summed E-state index contributed by atoms with van der Waals surface area (Å²) in [7, 11) is 1.61. The lowest BCUT2D eigenvalue weighted by Gasteiger charge is -2.13. The van der Waals surface area contributed by atoms with Crippen molar-refractivity contribution in [3.05, 3.63) is 62.3 Å². The Morgan fingerprint density at radius 1 is 1.05 bits per heavy atom. The van der Waals surface area contributed by atoms with Gasteiger partial charge in [0.1, 0.15) is 11.6 Å². The predicted octanol–water partition coefficient (Wildman–Crippen LogP) is 5.69. The maximum atomic E-state index is 13.2. The van der Waals surface area contributed by atoms with E-state index in [1.54, 1.807) is 19.2 Å². The molecule has 0 radical (unpaired) electrons. The summed E-state index contributed by atoms with van der Waals surface area (Å²) in [5.74, 6) is 0.441. The molecule has 0 bridgehead atoms. The Bertz CT molecular complexity index is 604. The van der Waals surface area contributed by atoms with Crippen LogP contribution >= 0.6 is 43.5 Å². The molecule has 5 heteroatoms. The van der Waals surface area contributed by atoms with Crippen LogP contribution in [0.4, 0.5) is 4.39 Å². The molecule has 2 rings (SSSR count). The predicted molar refractivity (Wildman–Crippen MR) is 82.5 cm³/mol. The van der Waals surface area contributed by atoms with Gasteiger partial charge < -0.3 is 4.74 Å². The van der Waals surface area contributed by atoms with Gasteiger partial charge in [0.2, 0.25) is 0 Å². The molecule has 0 aliphatic rings. The van der Waals surface area contributed by atoms with Gasteiger partial charge in [0.15, 0.2) is 0 Å². The van der Waals surface area contributed by atoms with E-state index >= 15 is 0 Å². The normalized spacial score (nSPS) is 12.3. The molecule has 2 aromatic carbocycles. The molecule has 0 N–H and O–H groups in total. The first-order chi connectivity index (χ1) is 9.02. The van der Waals surface area contributed by atoms with Crippen molar-refractivity contribution in [2.45, 2.75) is 5.38 Å². The van der Waals surface area contributed by atoms with Crippen LogP contribution in [-0.2, 0) is 0 Å². The quantitative estimate of drug-likeness (QED) is 0.593. The molecule has 0 aliphatic carbocycles. The van der Waals surface area contributed by atoms with Crippen LogP contribution in [0, 0.1) is 5.82 Å². The highest BCUT2D eigenvalue weighted by Crippen LogP contribution is 2.35. The van der Waals surface area contributed by atoms with Gasteiger partial charge in [-0.25, -0.2) is 4.39 Å². The van der Waals surface area contributed by atoms with Gasteiger partial charge in [-0.15, -0.1) is 11.6 Å². The molecule has 0 heterocycles. The summed E-state index contributed by atoms with van der Waals surface area (Å²) in [5, 5.41) is -0.348. The molecule has 19 heavy (non-hydrogen) atoms. The third-order valence-corrected chi connectivity index (χ3v) is 4.44. The van der Waals surface area contributed by atoms with Gasteiger partial charge >= 0.3 is 0 Å². The van der Waals surface area contributed by atoms with Gasteiger partial charge in [-0.2, -0.15) is 0 Å². The van der Waals surface area contributed by atoms with Crippen LogP contribution in [-0.4, -0.2) is 7.11 Å². The molecule has 1 nitrogen and oxygen atoms in total. The van der Waals surface area contributed by atoms with Gasteiger partial charge in [0.25, 0.3) is 0 Å². The molecular weight excluding hydrogens is 398 g/mol. The molecular formula is C14H10Br2ClFO. The van der Waals surface area contributed by atoms with Gasteiger partial charge in [-0.1, -0.05) is 12.1 Å². The van der Waals surface area contributed by atoms with E-state index in [4.69, 9.17) is 16.3 Å². The topological polar surface area (TPSA) is 9.23 Å². The molecule has 0 saturated heterocycles. The lowest BCUT2D eigenvalue weighted by molar-refractivity contribution is 0.412. The number of benzene rings is 2. The number of halogens is 4. The number of methoxy groups -OCH3 is 1. The van der Waals surface area contributed by atoms with E-state index in [1.807, 2.05) is 18.2 Å². The number of rotatable bonds is 3. The number of hydrogen-bond acceptors (Lipinski definition) is 1. The van der Waals surface area contributed by atoms with Crippen molar-refractivity contribution >= 4 is 43.5 Å². The lowest BCUT2D eigenvalue weighted by Crippen LogP contribution is -1.95. The Hall–Kier alpha value is -0.580. The second kappa shape index (κ2) is 6.25. The van der Waals surface area contributed by atoms with Crippen LogP contribution in [0.5, 0.6) is 5.75 Å². The van der Waals surface area contributed by atoms with Gasteiger partial charge in [-0.3, -0.25) is 0 Å². The number of ether oxygens (including phenoxy) is 1. The first-order valence-corrected chi connectivity index (χ1v) is 7.47. The molecule has 0 spiro atoms. The van der Waals surface area contributed by atoms with Crippen LogP contribution in [0.2, 0.25) is 0 Å². The van der Waals surface area contributed by atoms with Crippen molar-refractivity contribution in [3.8, 4) is 5.75 Å². The Morgan fingerprint density at radius 3 is 2.16 bits per heavy atom. The second-order valence-corrected chi connectivity index (χ2v) is 6.08. The highest BCUT2D eigenvalue weighted by molar-refractivity contribution is 9.10. The SMILES string of the molecule is COc1ccc(C(Cl)c2ccc(F)c(Br)c2)cc1Br. The Balaban J connectivity index is 2.35. The number of alkyl halides is 1. The number of hydrogen-bond donors (Lipinski definition) is 0. The maximum absolute atomic E-state index is 13.2. The summed E-state index contributed by atoms with van der Waals surface area (Å²) in [6.45, 7) is 0. The minimum absolute atomic E-state index is 0.302. The zero-order chi connectivity index (χ0) is 14.0. The van der Waals surface area contributed by atoms with E-state index in [1.165, 1.54) is 6.07 Å². The largest absolute Gasteiger partial charge is 0.496 e. The Kier molecular flexibility index (Phi) is 4.87. The van der Waals surface area contributed by atoms with E-state index in [9.17, 15) is 4.39 Å². The van der Waals surface area contributed by atoms with Crippen LogP contribution < -0.4 is 4.74 Å². The molecule has 0 amide bonds. The monoisotopic (exact) mass is 406 g/mol. The average Bonchev–Trinajstić information content (AvgIpc) is 2.41. The molecule has 100 valence electrons. The van der Waals surface area contributed by atoms with Crippen molar-refractivity contribution in [2.24, 2.45) is 0 Å². The fraction of sp³-hybridized carbons (Fsp3) is 0.143. The minimum atomic E-state index is -0.348. The van der Waals surface area contributed by atoms with Crippen LogP contribution in [0.3, 0.4) is 0 Å². The third-order valence-electron chi connectivity index (χ3n) is 2.70. The minimum Gasteiger partial charge on any atom is -0.496 e. The van der Waals surface area contributed by atoms with E-state index < -0.39 is 0 Å². The van der Waals surface area contributed by atoms with Crippen molar-refractivity contribution < 1.29 is 9.13 Å². The molecule has 2 aromatic rings. The average molecular weight is 408 g/mol. The van der Waals surface area contributed by atoms with E-state index in [2.05, 4.69) is 31.9 Å². The van der Waals surface area contributed by atoms with Crippen molar-refractivity contribution in [1.82, 2.24) is 0 Å². The van der Waals surface area contributed by atoms with Crippen LogP contribution in [0.15, 0.2) is 45.3 Å². The van der Waals surface area contributed by atoms with Gasteiger partial charge in [-0.05, 0) is 67.3 Å². The molecule has 0 saturated carbocycles. The summed E-state index contributed by atoms with van der Waals surface area (Å²) >= 11 is 13.0. The summed E-state index contributed by atoms with van der Waals surface area (Å²) in [5.41, 5.74) is 1.74. The highest BCUT2D eigenvalue weighted by atomic mass is 79.9. The van der Waals surface area contributed by atoms with Crippen molar-refractivity contribution in [1.29, 1.82) is 0 Å². The Morgan fingerprint density at radius 2 is 1.63 bits per heavy atom. The maximum Gasteiger partial charge on any atom is 0.137 e. The van der Waals surface area contributed by atoms with Gasteiger partial charge in [0, 0.05) is 0 Å². The second-order valence-electron chi connectivity index (χ2n) is 3.93. The molecule has 0 fully saturated rings. The molecule has 0 aliphatic heterocycles. The highest BCUT2D eigenvalue weighted by Gasteiger charge is 2.14. The smallest absolute Gasteiger partial charge is 0.137 e. The summed E-state index contributed by atoms with van der Waals surface area (Å²) in [6, 6.07) is 10.4. The van der Waals surface area contributed by atoms with Crippen molar-refractivity contribution in [2.75, 3.05) is 7.11 Å². The fourth-order valence-corrected chi connectivity index (χ4v) is 2.93. The van der Waals surface area contributed by atoms with E-state index in [0.29, 0.717) is 4.47 Å². The summed E-state index contributed by atoms with van der Waals surface area (Å²) < 4.78 is 19.6. The molecule has 1 unspecified atom stereocenters. The zero-order valence-corrected chi connectivity index (χ0v) is 13.9. The van der Waals surface area contributed by atoms with Gasteiger partial charge in [0.05, 0.1) is 21.4 Å². The first-order valence-electron chi connectivity index (χ1n) is 5.45. The van der Waals surface area contributed by atoms with Crippen molar-refractivity contribution in [3.63, 3.8) is 0 Å². The van der Waals surface area contributed by atoms with Crippen LogP contribution in [0.25, 0.3) is 0 Å². The third kappa shape index (κ3) is 3.30. The summed E-state index contributed by atoms with van der Waals surface area (Å²) in [6.07, 6.45) is 0. The van der Waals surface area contributed by atoms with E-state index in [-0.39, 0.29) is 11.2 Å². The van der Waals surface area contributed by atoms with E-state index in [0.717, 1.165) is 21.3 Å². The van der Waals surface area contributed by atoms with Crippen LogP contribution in [0.1, 0.15) is 16.5 Å². The molecule has 0 aromatic heterocycles. The zero-order valence-electron chi connectivity index (χ0n) is 9.96. The molecule has 1 atom stereocenters. The fourth-order valence-electron chi connectivity index (χ4n) is 1.70. The summed E-state index contributed by atoms with van der Waals surface area (Å²) in [4.78, 5) is 0. The standard InChI is InChI=1S/C14H10Br2ClFO/c1-19-13-5-3-9(7-11(13)16)14(17)8-2-4-12(18)10(15)6-8/h2-7,14H,1H3.